The van der Waals surface area contributed by atoms with E-state index >= 15 is 0 Å². The molecule has 2 aromatic heterocycles. The summed E-state index contributed by atoms with van der Waals surface area (Å²) in [5.74, 6) is 0.302. The van der Waals surface area contributed by atoms with E-state index in [1.165, 1.54) is 12.1 Å². The first-order valence-corrected chi connectivity index (χ1v) is 14.6. The third kappa shape index (κ3) is 8.66. The Hall–Kier alpha value is -4.71. The zero-order valence-electron chi connectivity index (χ0n) is 24.7. The van der Waals surface area contributed by atoms with E-state index in [2.05, 4.69) is 51.8 Å². The highest BCUT2D eigenvalue weighted by Gasteiger charge is 2.14. The van der Waals surface area contributed by atoms with Gasteiger partial charge in [0.1, 0.15) is 36.2 Å². The van der Waals surface area contributed by atoms with Crippen molar-refractivity contribution in [2.24, 2.45) is 0 Å². The molecule has 0 amide bonds. The molecular formula is C34H32INO8. The summed E-state index contributed by atoms with van der Waals surface area (Å²) in [4.78, 5) is 23.7. The second kappa shape index (κ2) is 14.6. The summed E-state index contributed by atoms with van der Waals surface area (Å²) >= 11 is 2.22. The highest BCUT2D eigenvalue weighted by atomic mass is 127. The molecule has 0 atom stereocenters. The van der Waals surface area contributed by atoms with Gasteiger partial charge in [-0.25, -0.2) is 9.59 Å². The van der Waals surface area contributed by atoms with Crippen LogP contribution in [0.4, 0.5) is 5.69 Å². The SMILES string of the molecule is Cc1oc(C(=O)O)cc1COc1ccc(-c2ccc(N(C)C)cc2)cc1.Cc1oc(C(=O)O)cc1COc1ccc(I)cc1. The van der Waals surface area contributed by atoms with Gasteiger partial charge < -0.3 is 33.4 Å². The normalized spacial score (nSPS) is 10.5. The maximum absolute atomic E-state index is 10.9. The predicted octanol–water partition coefficient (Wildman–Crippen LogP) is 8.07. The number of carbonyl (C=O) groups is 2. The van der Waals surface area contributed by atoms with Crippen LogP contribution in [0, 0.1) is 17.4 Å². The lowest BCUT2D eigenvalue weighted by Crippen LogP contribution is -2.07. The van der Waals surface area contributed by atoms with E-state index in [0.717, 1.165) is 43.0 Å². The summed E-state index contributed by atoms with van der Waals surface area (Å²) in [7, 11) is 4.03. The van der Waals surface area contributed by atoms with Crippen LogP contribution in [0.25, 0.3) is 11.1 Å². The van der Waals surface area contributed by atoms with Crippen molar-refractivity contribution >= 4 is 40.2 Å². The Labute approximate surface area is 268 Å². The molecule has 0 saturated heterocycles. The third-order valence-corrected chi connectivity index (χ3v) is 7.36. The number of benzene rings is 3. The van der Waals surface area contributed by atoms with Crippen molar-refractivity contribution in [1.29, 1.82) is 0 Å². The van der Waals surface area contributed by atoms with Crippen LogP contribution in [0.15, 0.2) is 93.8 Å². The number of aromatic carboxylic acids is 2. The van der Waals surface area contributed by atoms with Crippen molar-refractivity contribution in [2.45, 2.75) is 27.1 Å². The Morgan fingerprint density at radius 2 is 1.07 bits per heavy atom. The first kappa shape index (κ1) is 32.2. The van der Waals surface area contributed by atoms with E-state index in [0.29, 0.717) is 18.1 Å². The Morgan fingerprint density at radius 3 is 1.43 bits per heavy atom. The van der Waals surface area contributed by atoms with Crippen LogP contribution in [0.3, 0.4) is 0 Å². The fourth-order valence-electron chi connectivity index (χ4n) is 4.09. The molecule has 10 heteroatoms. The van der Waals surface area contributed by atoms with E-state index in [9.17, 15) is 9.59 Å². The lowest BCUT2D eigenvalue weighted by molar-refractivity contribution is 0.0651. The number of hydrogen-bond acceptors (Lipinski definition) is 7. The monoisotopic (exact) mass is 709 g/mol. The third-order valence-electron chi connectivity index (χ3n) is 6.64. The Kier molecular flexibility index (Phi) is 10.7. The van der Waals surface area contributed by atoms with Crippen molar-refractivity contribution in [3.63, 3.8) is 0 Å². The van der Waals surface area contributed by atoms with Crippen LogP contribution < -0.4 is 14.4 Å². The Morgan fingerprint density at radius 1 is 0.682 bits per heavy atom. The first-order chi connectivity index (χ1) is 21.0. The summed E-state index contributed by atoms with van der Waals surface area (Å²) in [5.41, 5.74) is 4.87. The molecule has 0 unspecified atom stereocenters. The van der Waals surface area contributed by atoms with Crippen LogP contribution in [0.5, 0.6) is 11.5 Å². The van der Waals surface area contributed by atoms with E-state index in [1.807, 2.05) is 62.6 Å². The fourth-order valence-corrected chi connectivity index (χ4v) is 4.45. The first-order valence-electron chi connectivity index (χ1n) is 13.5. The lowest BCUT2D eigenvalue weighted by atomic mass is 10.1. The average molecular weight is 710 g/mol. The van der Waals surface area contributed by atoms with Crippen LogP contribution in [-0.4, -0.2) is 36.2 Å². The minimum Gasteiger partial charge on any atom is -0.489 e. The number of carboxylic acid groups (broad SMARTS) is 2. The standard InChI is InChI=1S/C21H21NO4.C13H11IO4/c1-14-17(12-20(26-14)21(23)24)13-25-19-10-6-16(7-11-19)15-4-8-18(9-5-15)22(2)3;1-8-9(6-12(18-8)13(15)16)7-17-11-4-2-10(14)3-5-11/h4-12H,13H2,1-3H3,(H,23,24);2-6H,7H2,1H3,(H,15,16). The van der Waals surface area contributed by atoms with Gasteiger partial charge >= 0.3 is 11.9 Å². The smallest absolute Gasteiger partial charge is 0.371 e. The molecule has 2 heterocycles. The molecule has 0 spiro atoms. The molecule has 0 saturated carbocycles. The fraction of sp³-hybridized carbons (Fsp3) is 0.176. The highest BCUT2D eigenvalue weighted by molar-refractivity contribution is 14.1. The van der Waals surface area contributed by atoms with E-state index in [1.54, 1.807) is 13.8 Å². The summed E-state index contributed by atoms with van der Waals surface area (Å²) < 4.78 is 22.7. The molecule has 0 radical (unpaired) electrons. The molecule has 2 N–H and O–H groups in total. The number of anilines is 1. The van der Waals surface area contributed by atoms with E-state index in [4.69, 9.17) is 28.5 Å². The summed E-state index contributed by atoms with van der Waals surface area (Å²) in [5, 5.41) is 17.8. The largest absolute Gasteiger partial charge is 0.489 e. The molecule has 0 aliphatic heterocycles. The second-order valence-electron chi connectivity index (χ2n) is 9.99. The van der Waals surface area contributed by atoms with Crippen molar-refractivity contribution in [1.82, 2.24) is 0 Å². The van der Waals surface area contributed by atoms with Crippen LogP contribution >= 0.6 is 22.6 Å². The van der Waals surface area contributed by atoms with Gasteiger partial charge in [-0.2, -0.15) is 0 Å². The van der Waals surface area contributed by atoms with E-state index < -0.39 is 11.9 Å². The van der Waals surface area contributed by atoms with Gasteiger partial charge in [-0.15, -0.1) is 0 Å². The minimum atomic E-state index is -1.08. The Bertz CT molecular complexity index is 1700. The van der Waals surface area contributed by atoms with Crippen LogP contribution in [-0.2, 0) is 13.2 Å². The van der Waals surface area contributed by atoms with Gasteiger partial charge in [0.25, 0.3) is 0 Å². The molecule has 0 fully saturated rings. The number of rotatable bonds is 10. The van der Waals surface area contributed by atoms with Crippen LogP contribution in [0.2, 0.25) is 0 Å². The molecule has 0 bridgehead atoms. The minimum absolute atomic E-state index is 0.0614. The topological polar surface area (TPSA) is 123 Å². The Balaban J connectivity index is 0.000000215. The van der Waals surface area contributed by atoms with Crippen molar-refractivity contribution in [2.75, 3.05) is 19.0 Å². The highest BCUT2D eigenvalue weighted by Crippen LogP contribution is 2.26. The van der Waals surface area contributed by atoms with Gasteiger partial charge in [-0.05, 0) is 108 Å². The van der Waals surface area contributed by atoms with Gasteiger partial charge in [0.15, 0.2) is 0 Å². The summed E-state index contributed by atoms with van der Waals surface area (Å²) in [6.07, 6.45) is 0. The lowest BCUT2D eigenvalue weighted by Gasteiger charge is -2.13. The zero-order chi connectivity index (χ0) is 31.8. The van der Waals surface area contributed by atoms with Crippen molar-refractivity contribution < 1.29 is 38.1 Å². The molecular weight excluding hydrogens is 677 g/mol. The summed E-state index contributed by atoms with van der Waals surface area (Å²) in [6, 6.07) is 26.8. The molecule has 5 aromatic rings. The van der Waals surface area contributed by atoms with Crippen molar-refractivity contribution in [3.05, 3.63) is 123 Å². The quantitative estimate of drug-likeness (QED) is 0.139. The second-order valence-corrected chi connectivity index (χ2v) is 11.2. The average Bonchev–Trinajstić information content (AvgIpc) is 3.58. The van der Waals surface area contributed by atoms with Gasteiger partial charge in [-0.3, -0.25) is 0 Å². The maximum Gasteiger partial charge on any atom is 0.371 e. The van der Waals surface area contributed by atoms with Gasteiger partial charge in [0.05, 0.1) is 0 Å². The number of hydrogen-bond donors (Lipinski definition) is 2. The van der Waals surface area contributed by atoms with Crippen molar-refractivity contribution in [3.8, 4) is 22.6 Å². The maximum atomic E-state index is 10.9. The number of furan rings is 2. The predicted molar refractivity (Wildman–Crippen MR) is 175 cm³/mol. The number of nitrogens with zero attached hydrogens (tertiary/aromatic N) is 1. The van der Waals surface area contributed by atoms with Gasteiger partial charge in [0, 0.05) is 34.5 Å². The van der Waals surface area contributed by atoms with Crippen LogP contribution in [0.1, 0.15) is 43.8 Å². The van der Waals surface area contributed by atoms with Gasteiger partial charge in [0.2, 0.25) is 11.5 Å². The molecule has 0 aliphatic rings. The molecule has 5 rings (SSSR count). The molecule has 9 nitrogen and oxygen atoms in total. The zero-order valence-corrected chi connectivity index (χ0v) is 26.8. The summed E-state index contributed by atoms with van der Waals surface area (Å²) in [6.45, 7) is 4.01. The molecule has 0 aliphatic carbocycles. The van der Waals surface area contributed by atoms with Gasteiger partial charge in [-0.1, -0.05) is 24.3 Å². The number of aryl methyl sites for hydroxylation is 2. The number of ether oxygens (including phenoxy) is 2. The number of halogens is 1. The van der Waals surface area contributed by atoms with E-state index in [-0.39, 0.29) is 18.1 Å². The number of carboxylic acids is 2. The molecule has 44 heavy (non-hydrogen) atoms. The molecule has 228 valence electrons. The molecule has 3 aromatic carbocycles.